The number of hydrogen-bond acceptors (Lipinski definition) is 6. The Kier molecular flexibility index (Phi) is 18.0. The summed E-state index contributed by atoms with van der Waals surface area (Å²) in [5.74, 6) is 3.00. The van der Waals surface area contributed by atoms with Crippen LogP contribution in [0.5, 0.6) is 0 Å². The number of nitrogens with one attached hydrogen (secondary N) is 1. The first-order chi connectivity index (χ1) is 57.4. The van der Waals surface area contributed by atoms with Gasteiger partial charge in [-0.2, -0.15) is 19.9 Å². The maximum atomic E-state index is 9.96. The van der Waals surface area contributed by atoms with Crippen LogP contribution in [0.1, 0.15) is 2.80 Å². The van der Waals surface area contributed by atoms with Crippen LogP contribution in [0.25, 0.3) is 215 Å². The van der Waals surface area contributed by atoms with E-state index in [1.165, 1.54) is 130 Å². The largest absolute Gasteiger partial charge is 1.00 e. The zero-order chi connectivity index (χ0) is 77.3. The van der Waals surface area contributed by atoms with Crippen LogP contribution < -0.4 is 29.6 Å². The first kappa shape index (κ1) is 69.9. The van der Waals surface area contributed by atoms with Gasteiger partial charge in [-0.3, -0.25) is 8.96 Å². The topological polar surface area (TPSA) is 108 Å². The third kappa shape index (κ3) is 12.1. The third-order valence-corrected chi connectivity index (χ3v) is 22.4. The molecule has 6 aromatic heterocycles. The Hall–Kier alpha value is -14.0. The zero-order valence-electron chi connectivity index (χ0n) is 64.8. The number of benzene rings is 18. The van der Waals surface area contributed by atoms with Gasteiger partial charge in [0.25, 0.3) is 0 Å². The number of halogens is 2. The molecule has 0 amide bonds. The molecular formula is C103H67ClFN10Na. The molecule has 24 aromatic rings. The van der Waals surface area contributed by atoms with E-state index in [1.807, 2.05) is 97.1 Å². The van der Waals surface area contributed by atoms with Crippen molar-refractivity contribution in [1.29, 1.82) is 0 Å². The van der Waals surface area contributed by atoms with Crippen molar-refractivity contribution in [2.45, 2.75) is 0 Å². The summed E-state index contributed by atoms with van der Waals surface area (Å²) in [4.78, 5) is 31.9. The van der Waals surface area contributed by atoms with E-state index in [0.717, 1.165) is 55.3 Å². The van der Waals surface area contributed by atoms with Gasteiger partial charge in [-0.1, -0.05) is 291 Å². The summed E-state index contributed by atoms with van der Waals surface area (Å²) in [6.45, 7) is 0. The van der Waals surface area contributed by atoms with Crippen molar-refractivity contribution < 1.29 is 36.7 Å². The zero-order valence-corrected chi connectivity index (χ0v) is 65.5. The number of hydrogen-bond donors (Lipinski definition) is 1. The minimum absolute atomic E-state index is 0. The summed E-state index contributed by atoms with van der Waals surface area (Å²) < 4.78 is 22.6. The van der Waals surface area contributed by atoms with E-state index in [9.17, 15) is 4.39 Å². The van der Waals surface area contributed by atoms with Crippen LogP contribution in [0.3, 0.4) is 0 Å². The van der Waals surface area contributed by atoms with Gasteiger partial charge in [0.05, 0.1) is 41.6 Å². The van der Waals surface area contributed by atoms with E-state index in [4.69, 9.17) is 27.9 Å². The van der Waals surface area contributed by atoms with Crippen molar-refractivity contribution in [1.82, 2.24) is 48.6 Å². The van der Waals surface area contributed by atoms with Crippen molar-refractivity contribution in [2.75, 3.05) is 7.15 Å². The molecule has 0 atom stereocenters. The van der Waals surface area contributed by atoms with Gasteiger partial charge in [0.1, 0.15) is 0 Å². The minimum Gasteiger partial charge on any atom is -1.00 e. The van der Waals surface area contributed by atoms with Gasteiger partial charge in [-0.25, -0.2) is 9.97 Å². The van der Waals surface area contributed by atoms with Crippen LogP contribution in [-0.4, -0.2) is 55.7 Å². The van der Waals surface area contributed by atoms with E-state index in [1.54, 1.807) is 0 Å². The van der Waals surface area contributed by atoms with E-state index in [2.05, 4.69) is 313 Å². The Morgan fingerprint density at radius 2 is 0.526 bits per heavy atom. The first-order valence-electron chi connectivity index (χ1n) is 38.9. The minimum atomic E-state index is -1.00. The molecule has 0 bridgehead atoms. The van der Waals surface area contributed by atoms with Crippen molar-refractivity contribution >= 4 is 163 Å². The summed E-state index contributed by atoms with van der Waals surface area (Å²) >= 11 is 5.99. The molecule has 0 aliphatic carbocycles. The molecule has 0 saturated carbocycles. The smallest absolute Gasteiger partial charge is 1.00 e. The second-order valence-electron chi connectivity index (χ2n) is 28.7. The molecule has 13 heteroatoms. The van der Waals surface area contributed by atoms with Crippen molar-refractivity contribution in [2.24, 2.45) is 0 Å². The molecule has 10 nitrogen and oxygen atoms in total. The predicted molar refractivity (Wildman–Crippen MR) is 478 cm³/mol. The Labute approximate surface area is 694 Å². The van der Waals surface area contributed by atoms with Gasteiger partial charge in [0.2, 0.25) is 11.2 Å². The van der Waals surface area contributed by atoms with Gasteiger partial charge in [-0.15, -0.1) is 0 Å². The molecule has 6 heterocycles. The fourth-order valence-corrected chi connectivity index (χ4v) is 17.4. The molecule has 0 saturated heterocycles. The van der Waals surface area contributed by atoms with Crippen LogP contribution in [0, 0.1) is 0 Å². The molecule has 24 rings (SSSR count). The molecule has 116 heavy (non-hydrogen) atoms. The standard InChI is InChI=1S/C51H31N5.C36H22N2.C15H10ClN3.CH3F.Na.H/c1-4-16-32(17-5-1)49-52-50(33-18-6-2-7-19-33)54-51(53-49)56-45-27-15-14-26-39(45)42-29-44-43-28-40-37-24-12-10-22-35(37)36-23-11-13-25-38(36)41(40)30-46(43)55(47(44)31-48(42)56)34-20-8-3-9-21-34;1-2-10-22(11-3-1)38-35-20-29-26-15-7-5-13-24(26)23-12-4-6-14-25(23)28(29)18-31(35)32-19-30-27-16-8-9-17-33(27)37-34(30)21-36(32)38;16-15-18-13(11-7-3-1-4-8-11)17-14(19-15)12-9-5-2-6-10-12;1-2;;/h1-31H;1-21,37H;1-10H;1H3;;/q;;;;+1;-1/i;;;1D;;. The van der Waals surface area contributed by atoms with E-state index in [-0.39, 0.29) is 36.3 Å². The van der Waals surface area contributed by atoms with Crippen molar-refractivity contribution in [3.05, 3.63) is 381 Å². The van der Waals surface area contributed by atoms with E-state index < -0.39 is 7.15 Å². The number of nitrogens with zero attached hydrogens (tertiary/aromatic N) is 9. The van der Waals surface area contributed by atoms with Crippen molar-refractivity contribution in [3.8, 4) is 62.9 Å². The van der Waals surface area contributed by atoms with E-state index >= 15 is 0 Å². The molecule has 0 radical (unpaired) electrons. The summed E-state index contributed by atoms with van der Waals surface area (Å²) in [5, 5.41) is 25.4. The molecular weight excluding hydrogens is 1450 g/mol. The summed E-state index contributed by atoms with van der Waals surface area (Å²) in [6, 6.07) is 133. The maximum absolute atomic E-state index is 9.96. The van der Waals surface area contributed by atoms with Crippen LogP contribution in [0.15, 0.2) is 376 Å². The number of aromatic nitrogens is 10. The average molecular weight is 1520 g/mol. The molecule has 0 fully saturated rings. The molecule has 1 N–H and O–H groups in total. The second-order valence-corrected chi connectivity index (χ2v) is 29.0. The Morgan fingerprint density at radius 1 is 0.250 bits per heavy atom. The SMILES string of the molecule is Clc1nc(-c2ccccc2)nc(-c2ccccc2)n1.[2H]CF.[H-].[Na+].c1ccc(-c2nc(-c3ccccc3)nc(-n3c4ccccc4c4cc5c6cc7c8ccccc8c8ccccc8c7cc6n(-c6ccccc6)c5cc43)n2)cc1.c1ccc(-n2c3cc4[nH]c5ccccc5c4cc3c3cc4c5ccccc5c5ccccc5c4cc32)cc1. The fraction of sp³-hybridized carbons (Fsp3) is 0.00971. The first-order valence-corrected chi connectivity index (χ1v) is 38.6. The normalized spacial score (nSPS) is 11.6. The van der Waals surface area contributed by atoms with Gasteiger partial charge < -0.3 is 15.5 Å². The van der Waals surface area contributed by atoms with Gasteiger partial charge in [0.15, 0.2) is 23.3 Å². The van der Waals surface area contributed by atoms with Crippen LogP contribution in [0.4, 0.5) is 4.39 Å². The molecule has 0 unspecified atom stereocenters. The number of alkyl halides is 1. The Morgan fingerprint density at radius 3 is 0.931 bits per heavy atom. The van der Waals surface area contributed by atoms with Crippen LogP contribution in [0.2, 0.25) is 5.28 Å². The second kappa shape index (κ2) is 29.8. The number of para-hydroxylation sites is 4. The molecule has 0 spiro atoms. The summed E-state index contributed by atoms with van der Waals surface area (Å²) in [7, 11) is -1.00. The molecule has 0 aliphatic rings. The fourth-order valence-electron chi connectivity index (χ4n) is 17.2. The predicted octanol–water partition coefficient (Wildman–Crippen LogP) is 24.3. The monoisotopic (exact) mass is 1520 g/mol. The Balaban J connectivity index is 0.000000128. The molecule has 544 valence electrons. The van der Waals surface area contributed by atoms with Crippen LogP contribution >= 0.6 is 11.6 Å². The summed E-state index contributed by atoms with van der Waals surface area (Å²) in [5.41, 5.74) is 15.1. The van der Waals surface area contributed by atoms with E-state index in [0.29, 0.717) is 29.2 Å². The summed E-state index contributed by atoms with van der Waals surface area (Å²) in [6.07, 6.45) is 0. The number of aromatic amines is 1. The number of fused-ring (bicyclic) bond motifs is 24. The number of rotatable bonds is 7. The van der Waals surface area contributed by atoms with Gasteiger partial charge in [0, 0.05) is 87.8 Å². The number of H-pyrrole nitrogens is 1. The Bertz CT molecular complexity index is 7860. The quantitative estimate of drug-likeness (QED) is 0.126. The van der Waals surface area contributed by atoms with Crippen molar-refractivity contribution in [3.63, 3.8) is 0 Å². The average Bonchev–Trinajstić information content (AvgIpc) is 1.54. The third-order valence-electron chi connectivity index (χ3n) is 22.3. The van der Waals surface area contributed by atoms with Gasteiger partial charge in [-0.05, 0) is 161 Å². The van der Waals surface area contributed by atoms with Crippen LogP contribution in [-0.2, 0) is 0 Å². The molecule has 18 aromatic carbocycles. The van der Waals surface area contributed by atoms with Gasteiger partial charge >= 0.3 is 29.6 Å². The molecule has 0 aliphatic heterocycles. The maximum Gasteiger partial charge on any atom is 1.00 e.